The van der Waals surface area contributed by atoms with Gasteiger partial charge >= 0.3 is 5.97 Å². The van der Waals surface area contributed by atoms with Crippen molar-refractivity contribution in [3.8, 4) is 5.75 Å². The number of carbonyl (C=O) groups is 1. The third-order valence-corrected chi connectivity index (χ3v) is 8.26. The molecule has 0 aromatic heterocycles. The Morgan fingerprint density at radius 3 is 1.50 bits per heavy atom. The van der Waals surface area contributed by atoms with Gasteiger partial charge in [-0.3, -0.25) is 4.79 Å². The molecule has 2 aromatic carbocycles. The number of thiol groups is 1. The van der Waals surface area contributed by atoms with E-state index in [4.69, 9.17) is 5.73 Å². The number of aryl methyl sites for hydroxylation is 2. The Labute approximate surface area is 250 Å². The molecule has 4 N–H and O–H groups in total. The first-order chi connectivity index (χ1) is 19.2. The second-order valence-corrected chi connectivity index (χ2v) is 12.4. The molecule has 2 rings (SSSR count). The van der Waals surface area contributed by atoms with E-state index in [1.54, 1.807) is 0 Å². The number of aliphatic carboxylic acids is 1. The van der Waals surface area contributed by atoms with Gasteiger partial charge in [0.05, 0.1) is 0 Å². The molecule has 4 nitrogen and oxygen atoms in total. The Morgan fingerprint density at radius 1 is 0.750 bits per heavy atom. The van der Waals surface area contributed by atoms with E-state index in [1.807, 2.05) is 56.3 Å². The second kappa shape index (κ2) is 21.6. The van der Waals surface area contributed by atoms with Gasteiger partial charge in [-0.15, -0.1) is 0 Å². The zero-order chi connectivity index (χ0) is 29.6. The van der Waals surface area contributed by atoms with Gasteiger partial charge in [0.15, 0.2) is 0 Å². The Balaban J connectivity index is 0.000000985. The number of carboxylic acid groups (broad SMARTS) is 1. The van der Waals surface area contributed by atoms with Gasteiger partial charge < -0.3 is 15.9 Å². The molecule has 40 heavy (non-hydrogen) atoms. The molecule has 0 amide bonds. The van der Waals surface area contributed by atoms with E-state index in [1.165, 1.54) is 89.9 Å². The maximum atomic E-state index is 11.9. The van der Waals surface area contributed by atoms with E-state index in [0.717, 1.165) is 35.2 Å². The molecule has 0 saturated carbocycles. The summed E-state index contributed by atoms with van der Waals surface area (Å²) in [5, 5.41) is 19.7. The van der Waals surface area contributed by atoms with Crippen LogP contribution in [0.15, 0.2) is 42.5 Å². The largest absolute Gasteiger partial charge is 0.507 e. The van der Waals surface area contributed by atoms with Crippen LogP contribution in [0, 0.1) is 13.8 Å². The number of rotatable bonds is 20. The highest BCUT2D eigenvalue weighted by molar-refractivity contribution is 7.82. The SMILES string of the molecule is CCCCCCCCCCCCCCCCCCC(S)(Cc1cc(C)c(O)c(C)c1)C(=O)O.Nc1ccccc1. The molecule has 2 aromatic rings. The highest BCUT2D eigenvalue weighted by atomic mass is 32.1. The zero-order valence-electron chi connectivity index (χ0n) is 25.6. The number of anilines is 1. The maximum Gasteiger partial charge on any atom is 0.319 e. The lowest BCUT2D eigenvalue weighted by atomic mass is 9.90. The van der Waals surface area contributed by atoms with Gasteiger partial charge in [0.2, 0.25) is 0 Å². The van der Waals surface area contributed by atoms with Gasteiger partial charge in [0.1, 0.15) is 10.5 Å². The van der Waals surface area contributed by atoms with Crippen LogP contribution in [0.25, 0.3) is 0 Å². The first-order valence-electron chi connectivity index (χ1n) is 15.7. The molecule has 0 bridgehead atoms. The van der Waals surface area contributed by atoms with Crippen molar-refractivity contribution in [1.82, 2.24) is 0 Å². The minimum atomic E-state index is -1.05. The van der Waals surface area contributed by atoms with E-state index in [2.05, 4.69) is 19.6 Å². The number of unbranched alkanes of at least 4 members (excludes halogenated alkanes) is 15. The van der Waals surface area contributed by atoms with Crippen molar-refractivity contribution in [2.45, 2.75) is 141 Å². The van der Waals surface area contributed by atoms with Crippen LogP contribution in [0.1, 0.15) is 133 Å². The highest BCUT2D eigenvalue weighted by Crippen LogP contribution is 2.31. The quantitative estimate of drug-likeness (QED) is 0.0723. The number of benzene rings is 2. The normalized spacial score (nSPS) is 12.4. The lowest BCUT2D eigenvalue weighted by Gasteiger charge is -2.24. The maximum absolute atomic E-state index is 11.9. The number of nitrogens with two attached hydrogens (primary N) is 1. The van der Waals surface area contributed by atoms with Crippen molar-refractivity contribution in [2.75, 3.05) is 5.73 Å². The average Bonchev–Trinajstić information content (AvgIpc) is 2.92. The number of carboxylic acids is 1. The summed E-state index contributed by atoms with van der Waals surface area (Å²) in [6.07, 6.45) is 21.9. The molecule has 0 spiro atoms. The van der Waals surface area contributed by atoms with Gasteiger partial charge in [-0.05, 0) is 55.5 Å². The van der Waals surface area contributed by atoms with Crippen LogP contribution < -0.4 is 5.73 Å². The molecule has 0 heterocycles. The molecule has 0 saturated heterocycles. The van der Waals surface area contributed by atoms with Gasteiger partial charge in [0, 0.05) is 5.69 Å². The second-order valence-electron chi connectivity index (χ2n) is 11.6. The number of hydrogen-bond donors (Lipinski definition) is 4. The van der Waals surface area contributed by atoms with Crippen molar-refractivity contribution in [3.05, 3.63) is 59.2 Å². The van der Waals surface area contributed by atoms with Crippen LogP contribution in [0.3, 0.4) is 0 Å². The zero-order valence-corrected chi connectivity index (χ0v) is 26.5. The topological polar surface area (TPSA) is 83.5 Å². The minimum Gasteiger partial charge on any atom is -0.507 e. The minimum absolute atomic E-state index is 0.289. The molecular weight excluding hydrogens is 514 g/mol. The lowest BCUT2D eigenvalue weighted by molar-refractivity contribution is -0.140. The van der Waals surface area contributed by atoms with E-state index in [9.17, 15) is 15.0 Å². The predicted molar refractivity (Wildman–Crippen MR) is 176 cm³/mol. The molecule has 5 heteroatoms. The number of aromatic hydroxyl groups is 1. The van der Waals surface area contributed by atoms with Crippen LogP contribution in [0.5, 0.6) is 5.75 Å². The summed E-state index contributed by atoms with van der Waals surface area (Å²) in [5.74, 6) is -0.563. The third kappa shape index (κ3) is 16.2. The Bertz CT molecular complexity index is 910. The van der Waals surface area contributed by atoms with E-state index in [-0.39, 0.29) is 5.75 Å². The summed E-state index contributed by atoms with van der Waals surface area (Å²) >= 11 is 4.58. The van der Waals surface area contributed by atoms with Gasteiger partial charge in [-0.25, -0.2) is 0 Å². The summed E-state index contributed by atoms with van der Waals surface area (Å²) in [6.45, 7) is 5.97. The van der Waals surface area contributed by atoms with Gasteiger partial charge in [-0.1, -0.05) is 140 Å². The number of phenolic OH excluding ortho intramolecular Hbond substituents is 1. The van der Waals surface area contributed by atoms with Crippen LogP contribution in [-0.4, -0.2) is 20.9 Å². The first-order valence-corrected chi connectivity index (χ1v) is 16.2. The molecule has 0 aliphatic heterocycles. The van der Waals surface area contributed by atoms with Crippen LogP contribution in [-0.2, 0) is 11.2 Å². The summed E-state index contributed by atoms with van der Waals surface area (Å²) < 4.78 is -1.05. The highest BCUT2D eigenvalue weighted by Gasteiger charge is 2.34. The van der Waals surface area contributed by atoms with Crippen LogP contribution in [0.2, 0.25) is 0 Å². The Morgan fingerprint density at radius 2 is 1.15 bits per heavy atom. The fourth-order valence-corrected chi connectivity index (χ4v) is 5.52. The van der Waals surface area contributed by atoms with Crippen molar-refractivity contribution in [3.63, 3.8) is 0 Å². The lowest BCUT2D eigenvalue weighted by Crippen LogP contribution is -2.35. The van der Waals surface area contributed by atoms with Crippen LogP contribution in [0.4, 0.5) is 5.69 Å². The monoisotopic (exact) mass is 571 g/mol. The molecule has 0 aliphatic carbocycles. The van der Waals surface area contributed by atoms with E-state index in [0.29, 0.717) is 12.8 Å². The molecule has 0 aliphatic rings. The molecule has 1 atom stereocenters. The number of hydrogen-bond acceptors (Lipinski definition) is 4. The molecule has 0 fully saturated rings. The Hall–Kier alpha value is -2.14. The number of phenols is 1. The van der Waals surface area contributed by atoms with Crippen molar-refractivity contribution < 1.29 is 15.0 Å². The number of para-hydroxylation sites is 1. The van der Waals surface area contributed by atoms with E-state index >= 15 is 0 Å². The smallest absolute Gasteiger partial charge is 0.319 e. The van der Waals surface area contributed by atoms with E-state index < -0.39 is 10.7 Å². The predicted octanol–water partition coefficient (Wildman–Crippen LogP) is 10.2. The van der Waals surface area contributed by atoms with Crippen LogP contribution >= 0.6 is 12.6 Å². The fourth-order valence-electron chi connectivity index (χ4n) is 5.17. The standard InChI is InChI=1S/C29H50O3S.C6H7N/c1-4-5-6-7-8-9-10-11-12-13-14-15-16-17-18-19-20-29(33,28(31)32)23-26-21-24(2)27(30)25(3)22-26;7-6-4-2-1-3-5-6/h21-22,30,33H,4-20,23H2,1-3H3,(H,31,32);1-5H,7H2. The third-order valence-electron chi connectivity index (χ3n) is 7.69. The molecule has 226 valence electrons. The average molecular weight is 572 g/mol. The summed E-state index contributed by atoms with van der Waals surface area (Å²) in [7, 11) is 0. The van der Waals surface area contributed by atoms with Gasteiger partial charge in [0.25, 0.3) is 0 Å². The fraction of sp³-hybridized carbons (Fsp3) is 0.629. The molecular formula is C35H57NO3S. The first kappa shape index (κ1) is 35.9. The van der Waals surface area contributed by atoms with Crippen molar-refractivity contribution >= 4 is 24.3 Å². The molecule has 1 unspecified atom stereocenters. The van der Waals surface area contributed by atoms with Crippen molar-refractivity contribution in [2.24, 2.45) is 0 Å². The molecule has 0 radical (unpaired) electrons. The van der Waals surface area contributed by atoms with Crippen molar-refractivity contribution in [1.29, 1.82) is 0 Å². The van der Waals surface area contributed by atoms with Gasteiger partial charge in [-0.2, -0.15) is 12.6 Å². The summed E-state index contributed by atoms with van der Waals surface area (Å²) in [5.41, 5.74) is 8.68. The Kier molecular flexibility index (Phi) is 19.4. The summed E-state index contributed by atoms with van der Waals surface area (Å²) in [6, 6.07) is 13.2. The number of nitrogen functional groups attached to an aromatic ring is 1. The summed E-state index contributed by atoms with van der Waals surface area (Å²) in [4.78, 5) is 11.9.